The molecule has 0 aliphatic carbocycles. The zero-order chi connectivity index (χ0) is 16.7. The second kappa shape index (κ2) is 8.11. The van der Waals surface area contributed by atoms with Crippen molar-refractivity contribution in [3.05, 3.63) is 35.9 Å². The Morgan fingerprint density at radius 3 is 2.52 bits per heavy atom. The lowest BCUT2D eigenvalue weighted by molar-refractivity contribution is -0.154. The maximum Gasteiger partial charge on any atom is 0.311 e. The van der Waals surface area contributed by atoms with Gasteiger partial charge >= 0.3 is 5.97 Å². The Morgan fingerprint density at radius 1 is 1.26 bits per heavy atom. The van der Waals surface area contributed by atoms with E-state index in [1.54, 1.807) is 0 Å². The molecule has 1 amide bonds. The van der Waals surface area contributed by atoms with Crippen molar-refractivity contribution in [3.8, 4) is 0 Å². The minimum atomic E-state index is -0.876. The lowest BCUT2D eigenvalue weighted by atomic mass is 9.80. The van der Waals surface area contributed by atoms with Crippen LogP contribution in [0.5, 0.6) is 0 Å². The molecule has 126 valence electrons. The monoisotopic (exact) mass is 319 g/mol. The van der Waals surface area contributed by atoms with Crippen molar-refractivity contribution >= 4 is 11.9 Å². The van der Waals surface area contributed by atoms with Gasteiger partial charge in [0, 0.05) is 26.2 Å². The fourth-order valence-electron chi connectivity index (χ4n) is 2.88. The molecule has 0 aromatic heterocycles. The number of rotatable bonds is 7. The standard InChI is InChI=1S/C18H25NO4/c1-14(15-5-3-2-4-6-15)7-8-16(20)19-13-18(17(21)22)9-11-23-12-10-18/h2-6,14H,7-13H2,1H3,(H,19,20)(H,21,22). The molecular formula is C18H25NO4. The van der Waals surface area contributed by atoms with Crippen LogP contribution in [0, 0.1) is 5.41 Å². The number of amides is 1. The number of benzene rings is 1. The van der Waals surface area contributed by atoms with E-state index in [0.717, 1.165) is 6.42 Å². The summed E-state index contributed by atoms with van der Waals surface area (Å²) in [6.45, 7) is 3.16. The van der Waals surface area contributed by atoms with Crippen LogP contribution in [0.25, 0.3) is 0 Å². The van der Waals surface area contributed by atoms with Crippen LogP contribution in [-0.2, 0) is 14.3 Å². The third-order valence-corrected chi connectivity index (χ3v) is 4.70. The van der Waals surface area contributed by atoms with Gasteiger partial charge < -0.3 is 15.2 Å². The summed E-state index contributed by atoms with van der Waals surface area (Å²) in [5.74, 6) is -0.628. The quantitative estimate of drug-likeness (QED) is 0.810. The second-order valence-corrected chi connectivity index (χ2v) is 6.32. The number of nitrogens with one attached hydrogen (secondary N) is 1. The highest BCUT2D eigenvalue weighted by atomic mass is 16.5. The molecule has 1 unspecified atom stereocenters. The Labute approximate surface area is 137 Å². The van der Waals surface area contributed by atoms with E-state index >= 15 is 0 Å². The van der Waals surface area contributed by atoms with Gasteiger partial charge in [0.25, 0.3) is 0 Å². The normalized spacial score (nSPS) is 18.1. The summed E-state index contributed by atoms with van der Waals surface area (Å²) in [7, 11) is 0. The van der Waals surface area contributed by atoms with Crippen LogP contribution < -0.4 is 5.32 Å². The summed E-state index contributed by atoms with van der Waals surface area (Å²) in [6.07, 6.45) is 2.05. The Balaban J connectivity index is 1.79. The average Bonchev–Trinajstić information content (AvgIpc) is 2.59. The molecule has 5 heteroatoms. The largest absolute Gasteiger partial charge is 0.481 e. The smallest absolute Gasteiger partial charge is 0.311 e. The van der Waals surface area contributed by atoms with Gasteiger partial charge in [-0.1, -0.05) is 37.3 Å². The molecule has 1 fully saturated rings. The molecule has 0 saturated carbocycles. The van der Waals surface area contributed by atoms with E-state index in [2.05, 4.69) is 24.4 Å². The number of carbonyl (C=O) groups is 2. The zero-order valence-corrected chi connectivity index (χ0v) is 13.6. The molecule has 5 nitrogen and oxygen atoms in total. The molecule has 0 bridgehead atoms. The van der Waals surface area contributed by atoms with Crippen molar-refractivity contribution in [2.24, 2.45) is 5.41 Å². The Kier molecular flexibility index (Phi) is 6.16. The van der Waals surface area contributed by atoms with Gasteiger partial charge in [0.2, 0.25) is 5.91 Å². The second-order valence-electron chi connectivity index (χ2n) is 6.32. The molecule has 1 aromatic carbocycles. The van der Waals surface area contributed by atoms with Gasteiger partial charge in [-0.15, -0.1) is 0 Å². The van der Waals surface area contributed by atoms with Gasteiger partial charge in [0.1, 0.15) is 0 Å². The number of carboxylic acids is 1. The lowest BCUT2D eigenvalue weighted by Crippen LogP contribution is -2.46. The van der Waals surface area contributed by atoms with Gasteiger partial charge in [-0.2, -0.15) is 0 Å². The van der Waals surface area contributed by atoms with Crippen LogP contribution in [-0.4, -0.2) is 36.7 Å². The maximum absolute atomic E-state index is 12.1. The van der Waals surface area contributed by atoms with Gasteiger partial charge in [-0.3, -0.25) is 9.59 Å². The van der Waals surface area contributed by atoms with Gasteiger partial charge in [0.15, 0.2) is 0 Å². The first-order chi connectivity index (χ1) is 11.0. The predicted octanol–water partition coefficient (Wildman–Crippen LogP) is 2.57. The van der Waals surface area contributed by atoms with Gasteiger partial charge in [-0.05, 0) is 30.7 Å². The maximum atomic E-state index is 12.1. The SMILES string of the molecule is CC(CCC(=O)NCC1(C(=O)O)CCOCC1)c1ccccc1. The van der Waals surface area contributed by atoms with Crippen molar-refractivity contribution in [1.29, 1.82) is 0 Å². The van der Waals surface area contributed by atoms with Crippen LogP contribution in [0.2, 0.25) is 0 Å². The highest BCUT2D eigenvalue weighted by Gasteiger charge is 2.40. The first-order valence-corrected chi connectivity index (χ1v) is 8.16. The van der Waals surface area contributed by atoms with E-state index in [0.29, 0.717) is 38.4 Å². The van der Waals surface area contributed by atoms with Gasteiger partial charge in [0.05, 0.1) is 5.41 Å². The first-order valence-electron chi connectivity index (χ1n) is 8.16. The van der Waals surface area contributed by atoms with Crippen LogP contribution in [0.1, 0.15) is 44.1 Å². The highest BCUT2D eigenvalue weighted by Crippen LogP contribution is 2.30. The van der Waals surface area contributed by atoms with Crippen LogP contribution >= 0.6 is 0 Å². The number of carbonyl (C=O) groups excluding carboxylic acids is 1. The van der Waals surface area contributed by atoms with Crippen molar-refractivity contribution in [2.45, 2.75) is 38.5 Å². The van der Waals surface area contributed by atoms with Crippen LogP contribution in [0.3, 0.4) is 0 Å². The molecule has 0 spiro atoms. The lowest BCUT2D eigenvalue weighted by Gasteiger charge is -2.33. The number of carboxylic acid groups (broad SMARTS) is 1. The van der Waals surface area contributed by atoms with E-state index in [-0.39, 0.29) is 12.5 Å². The van der Waals surface area contributed by atoms with E-state index in [1.807, 2.05) is 18.2 Å². The van der Waals surface area contributed by atoms with E-state index in [9.17, 15) is 14.7 Å². The third-order valence-electron chi connectivity index (χ3n) is 4.70. The van der Waals surface area contributed by atoms with Crippen molar-refractivity contribution in [3.63, 3.8) is 0 Å². The third kappa shape index (κ3) is 4.79. The zero-order valence-electron chi connectivity index (χ0n) is 13.6. The molecule has 1 saturated heterocycles. The minimum absolute atomic E-state index is 0.0834. The molecule has 0 radical (unpaired) electrons. The molecule has 2 rings (SSSR count). The Morgan fingerprint density at radius 2 is 1.91 bits per heavy atom. The van der Waals surface area contributed by atoms with E-state index in [4.69, 9.17) is 4.74 Å². The Bertz CT molecular complexity index is 523. The molecule has 1 aliphatic heterocycles. The van der Waals surface area contributed by atoms with E-state index in [1.165, 1.54) is 5.56 Å². The fourth-order valence-corrected chi connectivity index (χ4v) is 2.88. The molecular weight excluding hydrogens is 294 g/mol. The average molecular weight is 319 g/mol. The molecule has 23 heavy (non-hydrogen) atoms. The molecule has 1 aliphatic rings. The minimum Gasteiger partial charge on any atom is -0.481 e. The summed E-state index contributed by atoms with van der Waals surface area (Å²) in [5.41, 5.74) is 0.339. The molecule has 1 heterocycles. The van der Waals surface area contributed by atoms with Gasteiger partial charge in [-0.25, -0.2) is 0 Å². The van der Waals surface area contributed by atoms with Crippen molar-refractivity contribution in [2.75, 3.05) is 19.8 Å². The molecule has 1 atom stereocenters. The first kappa shape index (κ1) is 17.5. The molecule has 2 N–H and O–H groups in total. The summed E-state index contributed by atoms with van der Waals surface area (Å²) in [5, 5.41) is 12.3. The number of ether oxygens (including phenoxy) is 1. The number of aliphatic carboxylic acids is 1. The summed E-state index contributed by atoms with van der Waals surface area (Å²) in [4.78, 5) is 23.6. The van der Waals surface area contributed by atoms with Crippen molar-refractivity contribution in [1.82, 2.24) is 5.32 Å². The van der Waals surface area contributed by atoms with E-state index < -0.39 is 11.4 Å². The van der Waals surface area contributed by atoms with Crippen molar-refractivity contribution < 1.29 is 19.4 Å². The van der Waals surface area contributed by atoms with Crippen LogP contribution in [0.15, 0.2) is 30.3 Å². The van der Waals surface area contributed by atoms with Crippen LogP contribution in [0.4, 0.5) is 0 Å². The predicted molar refractivity (Wildman–Crippen MR) is 87.2 cm³/mol. The molecule has 1 aromatic rings. The number of hydrogen-bond acceptors (Lipinski definition) is 3. The highest BCUT2D eigenvalue weighted by molar-refractivity contribution is 5.79. The summed E-state index contributed by atoms with van der Waals surface area (Å²) < 4.78 is 5.23. The summed E-state index contributed by atoms with van der Waals surface area (Å²) >= 11 is 0. The summed E-state index contributed by atoms with van der Waals surface area (Å²) in [6, 6.07) is 10.1. The fraction of sp³-hybridized carbons (Fsp3) is 0.556. The topological polar surface area (TPSA) is 75.6 Å². The number of hydrogen-bond donors (Lipinski definition) is 2. The Hall–Kier alpha value is -1.88.